The molecule has 3 aromatic rings. The Hall–Kier alpha value is -3.40. The zero-order valence-corrected chi connectivity index (χ0v) is 17.6. The molecular weight excluding hydrogens is 408 g/mol. The minimum Gasteiger partial charge on any atom is -0.497 e. The lowest BCUT2D eigenvalue weighted by Gasteiger charge is -2.22. The number of ether oxygens (including phenoxy) is 1. The summed E-state index contributed by atoms with van der Waals surface area (Å²) in [6.45, 7) is 1.47. The van der Waals surface area contributed by atoms with E-state index in [1.165, 1.54) is 0 Å². The molecule has 0 aliphatic heterocycles. The summed E-state index contributed by atoms with van der Waals surface area (Å²) in [5.41, 5.74) is 2.05. The number of amides is 1. The summed E-state index contributed by atoms with van der Waals surface area (Å²) in [5, 5.41) is 6.50. The molecule has 0 unspecified atom stereocenters. The van der Waals surface area contributed by atoms with E-state index in [1.54, 1.807) is 49.6 Å². The van der Waals surface area contributed by atoms with Crippen molar-refractivity contribution < 1.29 is 22.5 Å². The van der Waals surface area contributed by atoms with Crippen LogP contribution in [0, 0.1) is 6.92 Å². The van der Waals surface area contributed by atoms with Gasteiger partial charge in [0.25, 0.3) is 0 Å². The molecule has 158 valence electrons. The molecular formula is C20H22N4O5S. The van der Waals surface area contributed by atoms with Gasteiger partial charge in [0.1, 0.15) is 12.3 Å². The Kier molecular flexibility index (Phi) is 6.36. The standard InChI is InChI=1S/C20H22N4O5S/c1-14-5-4-6-16(11-14)24(30(3,26)27)13-18(25)21-12-19-22-20(23-29-19)15-7-9-17(28-2)10-8-15/h4-11H,12-13H2,1-3H3,(H,21,25). The summed E-state index contributed by atoms with van der Waals surface area (Å²) in [5.74, 6) is 0.792. The molecule has 10 heteroatoms. The van der Waals surface area contributed by atoms with Crippen molar-refractivity contribution in [2.75, 3.05) is 24.2 Å². The van der Waals surface area contributed by atoms with Crippen molar-refractivity contribution in [3.05, 3.63) is 60.0 Å². The number of carbonyl (C=O) groups is 1. The predicted octanol–water partition coefficient (Wildman–Crippen LogP) is 2.14. The van der Waals surface area contributed by atoms with Gasteiger partial charge in [-0.05, 0) is 48.9 Å². The summed E-state index contributed by atoms with van der Waals surface area (Å²) in [7, 11) is -2.06. The third kappa shape index (κ3) is 5.35. The third-order valence-electron chi connectivity index (χ3n) is 4.23. The lowest BCUT2D eigenvalue weighted by Crippen LogP contribution is -2.40. The molecule has 0 saturated heterocycles. The van der Waals surface area contributed by atoms with Crippen LogP contribution in [-0.4, -0.2) is 44.4 Å². The number of hydrogen-bond donors (Lipinski definition) is 1. The van der Waals surface area contributed by atoms with Gasteiger partial charge in [-0.1, -0.05) is 17.3 Å². The van der Waals surface area contributed by atoms with E-state index < -0.39 is 15.9 Å². The van der Waals surface area contributed by atoms with Gasteiger partial charge in [-0.3, -0.25) is 9.10 Å². The highest BCUT2D eigenvalue weighted by Gasteiger charge is 2.21. The largest absolute Gasteiger partial charge is 0.497 e. The van der Waals surface area contributed by atoms with Crippen molar-refractivity contribution in [3.63, 3.8) is 0 Å². The molecule has 1 aromatic heterocycles. The first-order chi connectivity index (χ1) is 14.3. The van der Waals surface area contributed by atoms with Gasteiger partial charge in [-0.2, -0.15) is 4.98 Å². The fourth-order valence-corrected chi connectivity index (χ4v) is 3.58. The van der Waals surface area contributed by atoms with E-state index >= 15 is 0 Å². The van der Waals surface area contributed by atoms with Crippen LogP contribution in [0.2, 0.25) is 0 Å². The summed E-state index contributed by atoms with van der Waals surface area (Å²) < 4.78 is 35.6. The van der Waals surface area contributed by atoms with Gasteiger partial charge >= 0.3 is 0 Å². The number of aryl methyl sites for hydroxylation is 1. The van der Waals surface area contributed by atoms with Crippen LogP contribution in [0.15, 0.2) is 53.1 Å². The molecule has 0 radical (unpaired) electrons. The molecule has 30 heavy (non-hydrogen) atoms. The third-order valence-corrected chi connectivity index (χ3v) is 5.37. The molecule has 0 spiro atoms. The van der Waals surface area contributed by atoms with Crippen LogP contribution in [0.5, 0.6) is 5.75 Å². The average molecular weight is 430 g/mol. The van der Waals surface area contributed by atoms with Crippen molar-refractivity contribution in [1.29, 1.82) is 0 Å². The zero-order valence-electron chi connectivity index (χ0n) is 16.8. The Morgan fingerprint density at radius 2 is 1.93 bits per heavy atom. The number of sulfonamides is 1. The van der Waals surface area contributed by atoms with Crippen molar-refractivity contribution in [3.8, 4) is 17.1 Å². The van der Waals surface area contributed by atoms with Gasteiger partial charge in [-0.25, -0.2) is 8.42 Å². The molecule has 0 aliphatic rings. The first kappa shape index (κ1) is 21.3. The number of rotatable bonds is 8. The quantitative estimate of drug-likeness (QED) is 0.582. The minimum atomic E-state index is -3.64. The Morgan fingerprint density at radius 3 is 2.57 bits per heavy atom. The number of nitrogens with one attached hydrogen (secondary N) is 1. The van der Waals surface area contributed by atoms with Crippen LogP contribution < -0.4 is 14.4 Å². The fourth-order valence-electron chi connectivity index (χ4n) is 2.73. The van der Waals surface area contributed by atoms with Crippen LogP contribution in [0.25, 0.3) is 11.4 Å². The summed E-state index contributed by atoms with van der Waals surface area (Å²) >= 11 is 0. The second kappa shape index (κ2) is 8.95. The van der Waals surface area contributed by atoms with E-state index in [2.05, 4.69) is 15.5 Å². The SMILES string of the molecule is COc1ccc(-c2noc(CNC(=O)CN(c3cccc(C)c3)S(C)(=O)=O)n2)cc1. The second-order valence-corrected chi connectivity index (χ2v) is 8.53. The van der Waals surface area contributed by atoms with E-state index in [-0.39, 0.29) is 19.0 Å². The number of benzene rings is 2. The molecule has 0 aliphatic carbocycles. The highest BCUT2D eigenvalue weighted by Crippen LogP contribution is 2.20. The minimum absolute atomic E-state index is 0.0204. The molecule has 0 atom stereocenters. The predicted molar refractivity (Wildman–Crippen MR) is 112 cm³/mol. The van der Waals surface area contributed by atoms with Crippen LogP contribution in [0.1, 0.15) is 11.5 Å². The number of nitrogens with zero attached hydrogens (tertiary/aromatic N) is 3. The molecule has 0 saturated carbocycles. The van der Waals surface area contributed by atoms with E-state index in [1.807, 2.05) is 13.0 Å². The Labute approximate surface area is 174 Å². The highest BCUT2D eigenvalue weighted by molar-refractivity contribution is 7.92. The monoisotopic (exact) mass is 430 g/mol. The number of carbonyl (C=O) groups excluding carboxylic acids is 1. The maximum atomic E-state index is 12.4. The van der Waals surface area contributed by atoms with Gasteiger partial charge in [0.05, 0.1) is 25.6 Å². The molecule has 1 N–H and O–H groups in total. The Morgan fingerprint density at radius 1 is 1.20 bits per heavy atom. The molecule has 1 amide bonds. The molecule has 3 rings (SSSR count). The number of aromatic nitrogens is 2. The maximum absolute atomic E-state index is 12.4. The van der Waals surface area contributed by atoms with E-state index in [9.17, 15) is 13.2 Å². The lowest BCUT2D eigenvalue weighted by atomic mass is 10.2. The van der Waals surface area contributed by atoms with Gasteiger partial charge in [0.15, 0.2) is 0 Å². The highest BCUT2D eigenvalue weighted by atomic mass is 32.2. The fraction of sp³-hybridized carbons (Fsp3) is 0.250. The van der Waals surface area contributed by atoms with Gasteiger partial charge in [-0.15, -0.1) is 0 Å². The van der Waals surface area contributed by atoms with E-state index in [0.717, 1.165) is 21.7 Å². The van der Waals surface area contributed by atoms with Crippen molar-refractivity contribution in [1.82, 2.24) is 15.5 Å². The summed E-state index contributed by atoms with van der Waals surface area (Å²) in [4.78, 5) is 16.6. The molecule has 0 fully saturated rings. The number of anilines is 1. The van der Waals surface area contributed by atoms with E-state index in [0.29, 0.717) is 17.3 Å². The van der Waals surface area contributed by atoms with Gasteiger partial charge < -0.3 is 14.6 Å². The smallest absolute Gasteiger partial charge is 0.246 e. The topological polar surface area (TPSA) is 115 Å². The first-order valence-electron chi connectivity index (χ1n) is 9.04. The van der Waals surface area contributed by atoms with Gasteiger partial charge in [0.2, 0.25) is 27.6 Å². The van der Waals surface area contributed by atoms with Gasteiger partial charge in [0, 0.05) is 5.56 Å². The van der Waals surface area contributed by atoms with Crippen molar-refractivity contribution in [2.45, 2.75) is 13.5 Å². The second-order valence-electron chi connectivity index (χ2n) is 6.63. The molecule has 9 nitrogen and oxygen atoms in total. The van der Waals surface area contributed by atoms with Crippen LogP contribution in [0.4, 0.5) is 5.69 Å². The number of methoxy groups -OCH3 is 1. The number of hydrogen-bond acceptors (Lipinski definition) is 7. The normalized spacial score (nSPS) is 11.2. The molecule has 0 bridgehead atoms. The molecule has 1 heterocycles. The Balaban J connectivity index is 1.64. The van der Waals surface area contributed by atoms with Crippen LogP contribution in [0.3, 0.4) is 0 Å². The van der Waals surface area contributed by atoms with Crippen molar-refractivity contribution >= 4 is 21.6 Å². The summed E-state index contributed by atoms with van der Waals surface area (Å²) in [6, 6.07) is 14.1. The van der Waals surface area contributed by atoms with Crippen molar-refractivity contribution in [2.24, 2.45) is 0 Å². The van der Waals surface area contributed by atoms with Crippen LogP contribution in [-0.2, 0) is 21.4 Å². The molecule has 2 aromatic carbocycles. The Bertz CT molecular complexity index is 1130. The first-order valence-corrected chi connectivity index (χ1v) is 10.9. The average Bonchev–Trinajstić information content (AvgIpc) is 3.19. The zero-order chi connectivity index (χ0) is 21.7. The van der Waals surface area contributed by atoms with E-state index in [4.69, 9.17) is 9.26 Å². The lowest BCUT2D eigenvalue weighted by molar-refractivity contribution is -0.119. The summed E-state index contributed by atoms with van der Waals surface area (Å²) in [6.07, 6.45) is 1.06. The maximum Gasteiger partial charge on any atom is 0.246 e. The van der Waals surface area contributed by atoms with Crippen LogP contribution >= 0.6 is 0 Å².